The van der Waals surface area contributed by atoms with E-state index in [1.807, 2.05) is 31.1 Å². The fourth-order valence-corrected chi connectivity index (χ4v) is 4.71. The molecule has 7 nitrogen and oxygen atoms in total. The number of carbonyl (C=O) groups is 3. The monoisotopic (exact) mass is 429 g/mol. The molecule has 1 aromatic heterocycles. The Morgan fingerprint density at radius 2 is 1.80 bits per heavy atom. The number of fused-ring (bicyclic) bond motifs is 1. The maximum Gasteiger partial charge on any atom is 0.341 e. The lowest BCUT2D eigenvalue weighted by Crippen LogP contribution is -2.33. The summed E-state index contributed by atoms with van der Waals surface area (Å²) in [6, 6.07) is 7.12. The van der Waals surface area contributed by atoms with E-state index in [2.05, 4.69) is 10.6 Å². The molecule has 0 fully saturated rings. The molecule has 0 saturated heterocycles. The summed E-state index contributed by atoms with van der Waals surface area (Å²) >= 11 is 1.43. The number of nitrogens with one attached hydrogen (secondary N) is 2. The van der Waals surface area contributed by atoms with Gasteiger partial charge in [-0.15, -0.1) is 11.3 Å². The number of rotatable bonds is 7. The van der Waals surface area contributed by atoms with E-state index in [0.29, 0.717) is 16.1 Å². The highest BCUT2D eigenvalue weighted by Crippen LogP contribution is 2.38. The number of ether oxygens (including phenoxy) is 1. The van der Waals surface area contributed by atoms with Crippen LogP contribution < -0.4 is 15.5 Å². The number of nitrogens with zero attached hydrogens (tertiary/aromatic N) is 1. The molecule has 8 heteroatoms. The average Bonchev–Trinajstić information content (AvgIpc) is 3.10. The second kappa shape index (κ2) is 9.75. The topological polar surface area (TPSA) is 87.7 Å². The summed E-state index contributed by atoms with van der Waals surface area (Å²) in [6.45, 7) is 1.86. The van der Waals surface area contributed by atoms with Gasteiger partial charge in [-0.25, -0.2) is 4.79 Å². The van der Waals surface area contributed by atoms with Crippen LogP contribution in [0, 0.1) is 0 Å². The second-order valence-electron chi connectivity index (χ2n) is 7.31. The predicted octanol–water partition coefficient (Wildman–Crippen LogP) is 3.24. The first-order chi connectivity index (χ1) is 14.4. The first-order valence-corrected chi connectivity index (χ1v) is 10.9. The van der Waals surface area contributed by atoms with Crippen LogP contribution in [0.1, 0.15) is 50.9 Å². The molecule has 0 unspecified atom stereocenters. The number of esters is 1. The third-order valence-electron chi connectivity index (χ3n) is 4.96. The fourth-order valence-electron chi connectivity index (χ4n) is 3.42. The Hall–Kier alpha value is -2.87. The molecule has 0 radical (unpaired) electrons. The van der Waals surface area contributed by atoms with E-state index in [9.17, 15) is 14.4 Å². The van der Waals surface area contributed by atoms with Crippen LogP contribution in [0.4, 0.5) is 10.7 Å². The SMILES string of the molecule is CCOC(=O)c1c(NC(=O)CNC(=O)c2ccc(N(C)C)cc2)sc2c1CCCC2. The van der Waals surface area contributed by atoms with Gasteiger partial charge in [0.15, 0.2) is 0 Å². The molecule has 2 aromatic rings. The van der Waals surface area contributed by atoms with Gasteiger partial charge in [0.05, 0.1) is 18.7 Å². The van der Waals surface area contributed by atoms with Crippen LogP contribution in [0.15, 0.2) is 24.3 Å². The molecule has 2 amide bonds. The summed E-state index contributed by atoms with van der Waals surface area (Å²) in [7, 11) is 3.85. The number of benzene rings is 1. The molecule has 2 N–H and O–H groups in total. The minimum Gasteiger partial charge on any atom is -0.462 e. The number of aryl methyl sites for hydroxylation is 1. The normalized spacial score (nSPS) is 12.6. The lowest BCUT2D eigenvalue weighted by Gasteiger charge is -2.13. The van der Waals surface area contributed by atoms with Crippen molar-refractivity contribution in [3.05, 3.63) is 45.8 Å². The minimum atomic E-state index is -0.405. The summed E-state index contributed by atoms with van der Waals surface area (Å²) in [6.07, 6.45) is 3.81. The third kappa shape index (κ3) is 4.99. The Morgan fingerprint density at radius 3 is 2.47 bits per heavy atom. The molecule has 0 spiro atoms. The predicted molar refractivity (Wildman–Crippen MR) is 119 cm³/mol. The van der Waals surface area contributed by atoms with Crippen molar-refractivity contribution in [3.63, 3.8) is 0 Å². The van der Waals surface area contributed by atoms with Gasteiger partial charge >= 0.3 is 5.97 Å². The highest BCUT2D eigenvalue weighted by atomic mass is 32.1. The van der Waals surface area contributed by atoms with Gasteiger partial charge in [0, 0.05) is 30.2 Å². The van der Waals surface area contributed by atoms with E-state index in [4.69, 9.17) is 4.74 Å². The van der Waals surface area contributed by atoms with Crippen molar-refractivity contribution in [2.45, 2.75) is 32.6 Å². The van der Waals surface area contributed by atoms with Crippen molar-refractivity contribution in [1.82, 2.24) is 5.32 Å². The molecule has 3 rings (SSSR count). The molecule has 0 aliphatic heterocycles. The van der Waals surface area contributed by atoms with Crippen LogP contribution in [0.3, 0.4) is 0 Å². The van der Waals surface area contributed by atoms with Gasteiger partial charge in [0.25, 0.3) is 5.91 Å². The van der Waals surface area contributed by atoms with Gasteiger partial charge in [0.2, 0.25) is 5.91 Å². The zero-order valence-corrected chi connectivity index (χ0v) is 18.4. The van der Waals surface area contributed by atoms with Crippen molar-refractivity contribution >= 4 is 39.8 Å². The Labute approximate surface area is 180 Å². The van der Waals surface area contributed by atoms with E-state index in [-0.39, 0.29) is 25.0 Å². The minimum absolute atomic E-state index is 0.181. The summed E-state index contributed by atoms with van der Waals surface area (Å²) in [5.41, 5.74) is 2.92. The summed E-state index contributed by atoms with van der Waals surface area (Å²) in [5, 5.41) is 5.93. The Balaban J connectivity index is 1.65. The van der Waals surface area contributed by atoms with E-state index in [1.54, 1.807) is 19.1 Å². The van der Waals surface area contributed by atoms with Gasteiger partial charge in [-0.2, -0.15) is 0 Å². The van der Waals surface area contributed by atoms with Gasteiger partial charge < -0.3 is 20.3 Å². The van der Waals surface area contributed by atoms with Crippen LogP contribution in [0.2, 0.25) is 0 Å². The van der Waals surface area contributed by atoms with Gasteiger partial charge in [-0.3, -0.25) is 9.59 Å². The standard InChI is InChI=1S/C22H27N3O4S/c1-4-29-22(28)19-16-7-5-6-8-17(16)30-21(19)24-18(26)13-23-20(27)14-9-11-15(12-10-14)25(2)3/h9-12H,4-8,13H2,1-3H3,(H,23,27)(H,24,26). The molecular weight excluding hydrogens is 402 g/mol. The summed E-state index contributed by atoms with van der Waals surface area (Å²) in [5.74, 6) is -1.11. The highest BCUT2D eigenvalue weighted by Gasteiger charge is 2.27. The van der Waals surface area contributed by atoms with Gasteiger partial charge in [-0.1, -0.05) is 0 Å². The lowest BCUT2D eigenvalue weighted by atomic mass is 9.95. The zero-order chi connectivity index (χ0) is 21.7. The van der Waals surface area contributed by atoms with Crippen LogP contribution in [0.25, 0.3) is 0 Å². The molecule has 1 aromatic carbocycles. The van der Waals surface area contributed by atoms with Crippen molar-refractivity contribution in [3.8, 4) is 0 Å². The molecule has 1 aliphatic rings. The first kappa shape index (κ1) is 21.8. The van der Waals surface area contributed by atoms with Crippen molar-refractivity contribution in [2.24, 2.45) is 0 Å². The van der Waals surface area contributed by atoms with Crippen LogP contribution in [0.5, 0.6) is 0 Å². The fraction of sp³-hybridized carbons (Fsp3) is 0.409. The van der Waals surface area contributed by atoms with Crippen LogP contribution in [-0.2, 0) is 22.4 Å². The quantitative estimate of drug-likeness (QED) is 0.660. The molecule has 1 aliphatic carbocycles. The molecular formula is C22H27N3O4S. The molecule has 0 saturated carbocycles. The number of anilines is 2. The number of amides is 2. The summed E-state index contributed by atoms with van der Waals surface area (Å²) in [4.78, 5) is 40.3. The van der Waals surface area contributed by atoms with Crippen molar-refractivity contribution < 1.29 is 19.1 Å². The maximum atomic E-state index is 12.5. The Bertz CT molecular complexity index is 935. The number of hydrogen-bond acceptors (Lipinski definition) is 6. The van der Waals surface area contributed by atoms with Gasteiger partial charge in [0.1, 0.15) is 5.00 Å². The van der Waals surface area contributed by atoms with E-state index >= 15 is 0 Å². The van der Waals surface area contributed by atoms with Crippen LogP contribution in [-0.4, -0.2) is 45.0 Å². The van der Waals surface area contributed by atoms with Crippen LogP contribution >= 0.6 is 11.3 Å². The average molecular weight is 430 g/mol. The van der Waals surface area contributed by atoms with Crippen molar-refractivity contribution in [2.75, 3.05) is 37.5 Å². The molecule has 1 heterocycles. The molecule has 0 atom stereocenters. The van der Waals surface area contributed by atoms with E-state index < -0.39 is 5.97 Å². The molecule has 160 valence electrons. The largest absolute Gasteiger partial charge is 0.462 e. The van der Waals surface area contributed by atoms with E-state index in [0.717, 1.165) is 41.8 Å². The summed E-state index contributed by atoms with van der Waals surface area (Å²) < 4.78 is 5.20. The van der Waals surface area contributed by atoms with Gasteiger partial charge in [-0.05, 0) is 62.4 Å². The molecule has 0 bridgehead atoms. The number of hydrogen-bond donors (Lipinski definition) is 2. The van der Waals surface area contributed by atoms with E-state index in [1.165, 1.54) is 11.3 Å². The first-order valence-electron chi connectivity index (χ1n) is 10.1. The second-order valence-corrected chi connectivity index (χ2v) is 8.41. The highest BCUT2D eigenvalue weighted by molar-refractivity contribution is 7.17. The maximum absolute atomic E-state index is 12.5. The zero-order valence-electron chi connectivity index (χ0n) is 17.5. The lowest BCUT2D eigenvalue weighted by molar-refractivity contribution is -0.115. The molecule has 30 heavy (non-hydrogen) atoms. The Kier molecular flexibility index (Phi) is 7.10. The number of carbonyl (C=O) groups excluding carboxylic acids is 3. The smallest absolute Gasteiger partial charge is 0.341 e. The van der Waals surface area contributed by atoms with Crippen molar-refractivity contribution in [1.29, 1.82) is 0 Å². The Morgan fingerprint density at radius 1 is 1.10 bits per heavy atom. The number of thiophene rings is 1. The third-order valence-corrected chi connectivity index (χ3v) is 6.17.